The Morgan fingerprint density at radius 1 is 1.04 bits per heavy atom. The Hall–Kier alpha value is -2.43. The summed E-state index contributed by atoms with van der Waals surface area (Å²) in [6.07, 6.45) is 8.55. The van der Waals surface area contributed by atoms with Gasteiger partial charge in [0.25, 0.3) is 0 Å². The number of fused-ring (bicyclic) bond motifs is 1. The van der Waals surface area contributed by atoms with Crippen LogP contribution in [0.5, 0.6) is 0 Å². The Kier molecular flexibility index (Phi) is 5.19. The largest absolute Gasteiger partial charge is 0.369 e. The molecule has 5 heteroatoms. The summed E-state index contributed by atoms with van der Waals surface area (Å²) in [5.74, 6) is 0.827. The van der Waals surface area contributed by atoms with Crippen LogP contribution in [0.25, 0.3) is 11.2 Å². The van der Waals surface area contributed by atoms with Crippen LogP contribution in [0, 0.1) is 0 Å². The molecule has 0 unspecified atom stereocenters. The summed E-state index contributed by atoms with van der Waals surface area (Å²) >= 11 is 0. The summed E-state index contributed by atoms with van der Waals surface area (Å²) in [5, 5.41) is 7.76. The van der Waals surface area contributed by atoms with Gasteiger partial charge in [-0.1, -0.05) is 56.5 Å². The average molecular weight is 309 g/mol. The molecule has 3 aromatic rings. The highest BCUT2D eigenvalue weighted by atomic mass is 15.3. The van der Waals surface area contributed by atoms with Gasteiger partial charge in [0.15, 0.2) is 5.65 Å². The third kappa shape index (κ3) is 4.06. The quantitative estimate of drug-likeness (QED) is 0.642. The van der Waals surface area contributed by atoms with Gasteiger partial charge in [0.1, 0.15) is 11.3 Å². The van der Waals surface area contributed by atoms with Gasteiger partial charge in [0.05, 0.1) is 18.9 Å². The molecule has 0 fully saturated rings. The monoisotopic (exact) mass is 309 g/mol. The fraction of sp³-hybridized carbons (Fsp3) is 0.389. The van der Waals surface area contributed by atoms with E-state index >= 15 is 0 Å². The Balaban J connectivity index is 1.65. The molecule has 0 saturated heterocycles. The normalized spacial score (nSPS) is 11.0. The number of hydrogen-bond donors (Lipinski definition) is 1. The van der Waals surface area contributed by atoms with Crippen LogP contribution in [-0.2, 0) is 6.54 Å². The van der Waals surface area contributed by atoms with Crippen LogP contribution in [-0.4, -0.2) is 26.3 Å². The zero-order valence-corrected chi connectivity index (χ0v) is 13.6. The van der Waals surface area contributed by atoms with E-state index in [1.165, 1.54) is 31.2 Å². The van der Waals surface area contributed by atoms with Crippen molar-refractivity contribution in [3.8, 4) is 0 Å². The lowest BCUT2D eigenvalue weighted by Gasteiger charge is -2.06. The summed E-state index contributed by atoms with van der Waals surface area (Å²) in [4.78, 5) is 9.13. The van der Waals surface area contributed by atoms with Crippen molar-refractivity contribution >= 4 is 17.0 Å². The van der Waals surface area contributed by atoms with E-state index in [-0.39, 0.29) is 0 Å². The number of nitrogens with zero attached hydrogens (tertiary/aromatic N) is 4. The summed E-state index contributed by atoms with van der Waals surface area (Å²) < 4.78 is 1.89. The first-order chi connectivity index (χ1) is 11.4. The highest BCUT2D eigenvalue weighted by Gasteiger charge is 2.07. The van der Waals surface area contributed by atoms with Crippen LogP contribution in [0.15, 0.2) is 42.7 Å². The Labute approximate surface area is 136 Å². The fourth-order valence-corrected chi connectivity index (χ4v) is 2.59. The van der Waals surface area contributed by atoms with E-state index in [0.717, 1.165) is 23.5 Å². The highest BCUT2D eigenvalue weighted by molar-refractivity contribution is 5.71. The van der Waals surface area contributed by atoms with Gasteiger partial charge in [-0.05, 0) is 12.0 Å². The van der Waals surface area contributed by atoms with E-state index in [1.807, 2.05) is 22.9 Å². The maximum Gasteiger partial charge on any atom is 0.177 e. The van der Waals surface area contributed by atoms with Gasteiger partial charge in [-0.15, -0.1) is 0 Å². The molecule has 0 atom stereocenters. The Bertz CT molecular complexity index is 736. The highest BCUT2D eigenvalue weighted by Crippen LogP contribution is 2.13. The van der Waals surface area contributed by atoms with Gasteiger partial charge in [-0.25, -0.2) is 14.6 Å². The maximum absolute atomic E-state index is 4.60. The van der Waals surface area contributed by atoms with Crippen molar-refractivity contribution in [1.82, 2.24) is 19.7 Å². The van der Waals surface area contributed by atoms with E-state index in [9.17, 15) is 0 Å². The molecule has 0 amide bonds. The van der Waals surface area contributed by atoms with Gasteiger partial charge >= 0.3 is 0 Å². The summed E-state index contributed by atoms with van der Waals surface area (Å²) in [6, 6.07) is 10.3. The van der Waals surface area contributed by atoms with E-state index < -0.39 is 0 Å². The first-order valence-electron chi connectivity index (χ1n) is 8.33. The summed E-state index contributed by atoms with van der Waals surface area (Å²) in [7, 11) is 0. The van der Waals surface area contributed by atoms with Crippen LogP contribution in [0.1, 0.15) is 38.2 Å². The molecule has 5 nitrogen and oxygen atoms in total. The van der Waals surface area contributed by atoms with Gasteiger partial charge in [-0.3, -0.25) is 0 Å². The van der Waals surface area contributed by atoms with Gasteiger partial charge in [-0.2, -0.15) is 5.10 Å². The average Bonchev–Trinajstić information content (AvgIpc) is 2.98. The topological polar surface area (TPSA) is 55.6 Å². The molecule has 0 spiro atoms. The number of benzene rings is 1. The van der Waals surface area contributed by atoms with Crippen LogP contribution < -0.4 is 5.32 Å². The molecule has 23 heavy (non-hydrogen) atoms. The minimum absolute atomic E-state index is 0.711. The van der Waals surface area contributed by atoms with Crippen molar-refractivity contribution in [2.75, 3.05) is 11.9 Å². The number of unbranched alkanes of at least 4 members (excludes halogenated alkanes) is 3. The second-order valence-electron chi connectivity index (χ2n) is 5.74. The third-order valence-corrected chi connectivity index (χ3v) is 3.85. The van der Waals surface area contributed by atoms with E-state index in [1.54, 1.807) is 12.4 Å². The first-order valence-corrected chi connectivity index (χ1v) is 8.33. The molecule has 1 N–H and O–H groups in total. The molecule has 2 aromatic heterocycles. The maximum atomic E-state index is 4.60. The van der Waals surface area contributed by atoms with Gasteiger partial charge in [0.2, 0.25) is 0 Å². The lowest BCUT2D eigenvalue weighted by atomic mass is 10.2. The first kappa shape index (κ1) is 15.5. The molecular weight excluding hydrogens is 286 g/mol. The lowest BCUT2D eigenvalue weighted by molar-refractivity contribution is 0.684. The van der Waals surface area contributed by atoms with E-state index in [4.69, 9.17) is 0 Å². The number of rotatable bonds is 8. The molecule has 0 bridgehead atoms. The molecule has 120 valence electrons. The van der Waals surface area contributed by atoms with Crippen molar-refractivity contribution in [3.63, 3.8) is 0 Å². The molecule has 0 aliphatic heterocycles. The van der Waals surface area contributed by atoms with E-state index in [0.29, 0.717) is 6.54 Å². The van der Waals surface area contributed by atoms with Crippen molar-refractivity contribution in [2.45, 2.75) is 39.2 Å². The number of nitrogens with one attached hydrogen (secondary N) is 1. The second-order valence-corrected chi connectivity index (χ2v) is 5.74. The van der Waals surface area contributed by atoms with Crippen molar-refractivity contribution in [3.05, 3.63) is 48.3 Å². The third-order valence-electron chi connectivity index (χ3n) is 3.85. The summed E-state index contributed by atoms with van der Waals surface area (Å²) in [6.45, 7) is 3.88. The second kappa shape index (κ2) is 7.72. The predicted molar refractivity (Wildman–Crippen MR) is 93.5 cm³/mol. The Morgan fingerprint density at radius 3 is 2.74 bits per heavy atom. The molecule has 0 aliphatic rings. The molecule has 3 rings (SSSR count). The smallest absolute Gasteiger partial charge is 0.177 e. The lowest BCUT2D eigenvalue weighted by Crippen LogP contribution is -2.05. The van der Waals surface area contributed by atoms with Crippen molar-refractivity contribution in [1.29, 1.82) is 0 Å². The minimum atomic E-state index is 0.711. The zero-order chi connectivity index (χ0) is 15.9. The van der Waals surface area contributed by atoms with Crippen LogP contribution in [0.2, 0.25) is 0 Å². The van der Waals surface area contributed by atoms with Crippen LogP contribution in [0.4, 0.5) is 5.82 Å². The van der Waals surface area contributed by atoms with Crippen molar-refractivity contribution in [2.24, 2.45) is 0 Å². The van der Waals surface area contributed by atoms with Gasteiger partial charge in [0, 0.05) is 6.54 Å². The molecule has 0 radical (unpaired) electrons. The van der Waals surface area contributed by atoms with Crippen LogP contribution in [0.3, 0.4) is 0 Å². The summed E-state index contributed by atoms with van der Waals surface area (Å²) in [5.41, 5.74) is 2.86. The predicted octanol–water partition coefficient (Wildman–Crippen LogP) is 3.87. The van der Waals surface area contributed by atoms with Crippen molar-refractivity contribution < 1.29 is 0 Å². The minimum Gasteiger partial charge on any atom is -0.369 e. The molecular formula is C18H23N5. The number of anilines is 1. The molecule has 0 saturated carbocycles. The standard InChI is InChI=1S/C18H23N5/c1-2-3-4-8-11-19-17-13-20-18-16(22-17)12-21-23(18)14-15-9-6-5-7-10-15/h5-7,9-10,12-13H,2-4,8,11,14H2,1H3,(H,19,22). The fourth-order valence-electron chi connectivity index (χ4n) is 2.59. The number of hydrogen-bond acceptors (Lipinski definition) is 4. The Morgan fingerprint density at radius 2 is 1.91 bits per heavy atom. The zero-order valence-electron chi connectivity index (χ0n) is 13.6. The molecule has 2 heterocycles. The van der Waals surface area contributed by atoms with E-state index in [2.05, 4.69) is 39.4 Å². The molecule has 1 aromatic carbocycles. The SMILES string of the molecule is CCCCCCNc1cnc2c(cnn2Cc2ccccc2)n1. The molecule has 0 aliphatic carbocycles. The van der Waals surface area contributed by atoms with Gasteiger partial charge < -0.3 is 5.32 Å². The number of aromatic nitrogens is 4. The van der Waals surface area contributed by atoms with Crippen LogP contribution >= 0.6 is 0 Å².